The Morgan fingerprint density at radius 2 is 1.73 bits per heavy atom. The van der Waals surface area contributed by atoms with Crippen molar-refractivity contribution in [1.29, 1.82) is 0 Å². The summed E-state index contributed by atoms with van der Waals surface area (Å²) in [5.41, 5.74) is 0.943. The van der Waals surface area contributed by atoms with Crippen LogP contribution in [0.25, 0.3) is 0 Å². The number of Topliss-reactive ketones (excluding diaryl/α,β-unsaturated/α-hetero) is 1. The number of hydrogen-bond donors (Lipinski definition) is 0. The number of carbonyl (C=O) groups excluding carboxylic acids is 1. The lowest BCUT2D eigenvalue weighted by atomic mass is 10.2. The van der Waals surface area contributed by atoms with Crippen molar-refractivity contribution in [3.63, 3.8) is 0 Å². The van der Waals surface area contributed by atoms with Crippen molar-refractivity contribution < 1.29 is 9.53 Å². The van der Waals surface area contributed by atoms with E-state index in [0.717, 1.165) is 5.57 Å². The molecule has 64 valence electrons. The molecule has 0 N–H and O–H groups in total. The summed E-state index contributed by atoms with van der Waals surface area (Å²) < 4.78 is 5.32. The standard InChI is InChI=1S/C9H16O2/c1-6(2)8(4)11-9(5)7(3)10/h8-9H,1H2,2-5H3. The molecule has 0 aliphatic rings. The fourth-order valence-corrected chi connectivity index (χ4v) is 0.518. The zero-order valence-corrected chi connectivity index (χ0v) is 7.68. The molecule has 0 radical (unpaired) electrons. The predicted octanol–water partition coefficient (Wildman–Crippen LogP) is 1.95. The zero-order valence-electron chi connectivity index (χ0n) is 7.68. The molecule has 2 nitrogen and oxygen atoms in total. The maximum absolute atomic E-state index is 10.7. The van der Waals surface area contributed by atoms with Gasteiger partial charge in [-0.25, -0.2) is 0 Å². The van der Waals surface area contributed by atoms with Crippen LogP contribution in [-0.2, 0) is 9.53 Å². The normalized spacial score (nSPS) is 15.6. The van der Waals surface area contributed by atoms with E-state index in [-0.39, 0.29) is 18.0 Å². The summed E-state index contributed by atoms with van der Waals surface area (Å²) >= 11 is 0. The molecule has 0 aliphatic carbocycles. The summed E-state index contributed by atoms with van der Waals surface area (Å²) in [7, 11) is 0. The van der Waals surface area contributed by atoms with Gasteiger partial charge in [0.2, 0.25) is 0 Å². The molecule has 2 unspecified atom stereocenters. The smallest absolute Gasteiger partial charge is 0.158 e. The molecule has 2 heteroatoms. The first-order valence-electron chi connectivity index (χ1n) is 3.76. The second-order valence-electron chi connectivity index (χ2n) is 2.88. The van der Waals surface area contributed by atoms with Gasteiger partial charge in [0, 0.05) is 0 Å². The van der Waals surface area contributed by atoms with Crippen molar-refractivity contribution in [3.8, 4) is 0 Å². The van der Waals surface area contributed by atoms with Crippen molar-refractivity contribution in [2.24, 2.45) is 0 Å². The molecule has 0 saturated carbocycles. The van der Waals surface area contributed by atoms with Crippen LogP contribution >= 0.6 is 0 Å². The maximum Gasteiger partial charge on any atom is 0.158 e. The van der Waals surface area contributed by atoms with E-state index < -0.39 is 0 Å². The highest BCUT2D eigenvalue weighted by atomic mass is 16.5. The lowest BCUT2D eigenvalue weighted by molar-refractivity contribution is -0.129. The van der Waals surface area contributed by atoms with E-state index in [4.69, 9.17) is 4.74 Å². The van der Waals surface area contributed by atoms with Crippen LogP contribution in [0.5, 0.6) is 0 Å². The van der Waals surface area contributed by atoms with Gasteiger partial charge in [-0.05, 0) is 27.7 Å². The Morgan fingerprint density at radius 3 is 2.00 bits per heavy atom. The van der Waals surface area contributed by atoms with Gasteiger partial charge in [0.15, 0.2) is 5.78 Å². The third kappa shape index (κ3) is 3.94. The number of rotatable bonds is 4. The molecule has 0 bridgehead atoms. The molecular weight excluding hydrogens is 140 g/mol. The predicted molar refractivity (Wildman–Crippen MR) is 45.5 cm³/mol. The van der Waals surface area contributed by atoms with Crippen molar-refractivity contribution in [2.45, 2.75) is 39.9 Å². The minimum Gasteiger partial charge on any atom is -0.363 e. The number of hydrogen-bond acceptors (Lipinski definition) is 2. The fourth-order valence-electron chi connectivity index (χ4n) is 0.518. The SMILES string of the molecule is C=C(C)C(C)OC(C)C(C)=O. The monoisotopic (exact) mass is 156 g/mol. The summed E-state index contributed by atoms with van der Waals surface area (Å²) in [5.74, 6) is 0.0538. The van der Waals surface area contributed by atoms with E-state index in [0.29, 0.717) is 0 Å². The van der Waals surface area contributed by atoms with Crippen LogP contribution < -0.4 is 0 Å². The van der Waals surface area contributed by atoms with E-state index in [1.54, 1.807) is 6.92 Å². The summed E-state index contributed by atoms with van der Waals surface area (Å²) in [4.78, 5) is 10.7. The van der Waals surface area contributed by atoms with Gasteiger partial charge < -0.3 is 4.74 Å². The maximum atomic E-state index is 10.7. The molecule has 0 spiro atoms. The molecule has 11 heavy (non-hydrogen) atoms. The molecule has 0 fully saturated rings. The molecule has 0 amide bonds. The number of ketones is 1. The lowest BCUT2D eigenvalue weighted by Gasteiger charge is -2.16. The first kappa shape index (κ1) is 10.4. The van der Waals surface area contributed by atoms with Crippen molar-refractivity contribution in [1.82, 2.24) is 0 Å². The summed E-state index contributed by atoms with van der Waals surface area (Å²) in [5, 5.41) is 0. The average Bonchev–Trinajstić information content (AvgIpc) is 1.87. The molecule has 0 aromatic rings. The second-order valence-corrected chi connectivity index (χ2v) is 2.88. The molecule has 0 saturated heterocycles. The molecule has 0 heterocycles. The van der Waals surface area contributed by atoms with Crippen LogP contribution in [0.2, 0.25) is 0 Å². The molecule has 2 atom stereocenters. The first-order chi connectivity index (χ1) is 4.95. The van der Waals surface area contributed by atoms with Gasteiger partial charge >= 0.3 is 0 Å². The van der Waals surface area contributed by atoms with E-state index in [9.17, 15) is 4.79 Å². The third-order valence-corrected chi connectivity index (χ3v) is 1.67. The third-order valence-electron chi connectivity index (χ3n) is 1.67. The van der Waals surface area contributed by atoms with Gasteiger partial charge in [-0.2, -0.15) is 0 Å². The fraction of sp³-hybridized carbons (Fsp3) is 0.667. The van der Waals surface area contributed by atoms with Crippen LogP contribution in [0.1, 0.15) is 27.7 Å². The van der Waals surface area contributed by atoms with Crippen LogP contribution in [0.3, 0.4) is 0 Å². The Bertz CT molecular complexity index is 143. The van der Waals surface area contributed by atoms with Crippen LogP contribution in [0.15, 0.2) is 12.2 Å². The van der Waals surface area contributed by atoms with Crippen molar-refractivity contribution in [2.75, 3.05) is 0 Å². The second kappa shape index (κ2) is 4.29. The van der Waals surface area contributed by atoms with Gasteiger partial charge in [0.25, 0.3) is 0 Å². The summed E-state index contributed by atoms with van der Waals surface area (Å²) in [6.07, 6.45) is -0.351. The Balaban J connectivity index is 3.84. The van der Waals surface area contributed by atoms with E-state index >= 15 is 0 Å². The Kier molecular flexibility index (Phi) is 4.04. The quantitative estimate of drug-likeness (QED) is 0.581. The van der Waals surface area contributed by atoms with Crippen LogP contribution in [-0.4, -0.2) is 18.0 Å². The molecule has 0 aromatic carbocycles. The zero-order chi connectivity index (χ0) is 9.02. The molecule has 0 aromatic heterocycles. The van der Waals surface area contributed by atoms with Gasteiger partial charge in [0.05, 0.1) is 6.10 Å². The van der Waals surface area contributed by atoms with E-state index in [1.807, 2.05) is 13.8 Å². The first-order valence-corrected chi connectivity index (χ1v) is 3.76. The minimum absolute atomic E-state index is 0.0334. The van der Waals surface area contributed by atoms with Crippen LogP contribution in [0, 0.1) is 0 Å². The van der Waals surface area contributed by atoms with Crippen molar-refractivity contribution >= 4 is 5.78 Å². The van der Waals surface area contributed by atoms with Gasteiger partial charge in [0.1, 0.15) is 6.10 Å². The topological polar surface area (TPSA) is 26.3 Å². The Hall–Kier alpha value is -0.630. The highest BCUT2D eigenvalue weighted by Gasteiger charge is 2.12. The van der Waals surface area contributed by atoms with Crippen LogP contribution in [0.4, 0.5) is 0 Å². The largest absolute Gasteiger partial charge is 0.363 e. The van der Waals surface area contributed by atoms with Gasteiger partial charge in [-0.1, -0.05) is 12.2 Å². The Labute approximate surface area is 68.2 Å². The molecule has 0 aliphatic heterocycles. The number of ether oxygens (including phenoxy) is 1. The minimum atomic E-state index is -0.318. The van der Waals surface area contributed by atoms with E-state index in [1.165, 1.54) is 6.92 Å². The molecule has 0 rings (SSSR count). The van der Waals surface area contributed by atoms with Crippen molar-refractivity contribution in [3.05, 3.63) is 12.2 Å². The summed E-state index contributed by atoms with van der Waals surface area (Å²) in [6, 6.07) is 0. The van der Waals surface area contributed by atoms with Gasteiger partial charge in [-0.15, -0.1) is 0 Å². The summed E-state index contributed by atoms with van der Waals surface area (Å²) in [6.45, 7) is 10.8. The van der Waals surface area contributed by atoms with Gasteiger partial charge in [-0.3, -0.25) is 4.79 Å². The average molecular weight is 156 g/mol. The highest BCUT2D eigenvalue weighted by Crippen LogP contribution is 2.06. The highest BCUT2D eigenvalue weighted by molar-refractivity contribution is 5.79. The number of carbonyl (C=O) groups is 1. The Morgan fingerprint density at radius 1 is 1.27 bits per heavy atom. The molecular formula is C9H16O2. The van der Waals surface area contributed by atoms with E-state index in [2.05, 4.69) is 6.58 Å². The lowest BCUT2D eigenvalue weighted by Crippen LogP contribution is -2.23.